The van der Waals surface area contributed by atoms with Gasteiger partial charge in [-0.05, 0) is 56.9 Å². The van der Waals surface area contributed by atoms with Crippen LogP contribution in [-0.2, 0) is 4.74 Å². The van der Waals surface area contributed by atoms with Crippen LogP contribution in [0, 0.1) is 18.3 Å². The first-order valence-corrected chi connectivity index (χ1v) is 11.0. The number of carbonyl (C=O) groups is 1. The molecule has 0 amide bonds. The molecule has 4 heterocycles. The van der Waals surface area contributed by atoms with E-state index in [0.29, 0.717) is 17.0 Å². The molecule has 170 valence electrons. The summed E-state index contributed by atoms with van der Waals surface area (Å²) in [6.45, 7) is 4.94. The zero-order chi connectivity index (χ0) is 23.7. The average molecular weight is 467 g/mol. The molecule has 10 heteroatoms. The lowest BCUT2D eigenvalue weighted by Gasteiger charge is -2.28. The fourth-order valence-electron chi connectivity index (χ4n) is 4.02. The van der Waals surface area contributed by atoms with Gasteiger partial charge in [0.1, 0.15) is 23.0 Å². The Bertz CT molecular complexity index is 1340. The number of carbonyl (C=O) groups excluding carboxylic acids is 1. The van der Waals surface area contributed by atoms with Crippen LogP contribution < -0.4 is 16.2 Å². The molecule has 0 radical (unpaired) electrons. The molecular weight excluding hydrogens is 444 g/mol. The van der Waals surface area contributed by atoms with Crippen molar-refractivity contribution in [3.05, 3.63) is 62.3 Å². The molecule has 3 aromatic heterocycles. The molecule has 1 fully saturated rings. The Kier molecular flexibility index (Phi) is 6.20. The number of hydrogen-bond donors (Lipinski definition) is 1. The molecule has 1 aliphatic rings. The summed E-state index contributed by atoms with van der Waals surface area (Å²) in [4.78, 5) is 36.6. The Balaban J connectivity index is 1.80. The lowest BCUT2D eigenvalue weighted by Crippen LogP contribution is -2.34. The molecule has 33 heavy (non-hydrogen) atoms. The smallest absolute Gasteiger partial charge is 0.359 e. The summed E-state index contributed by atoms with van der Waals surface area (Å²) in [5, 5.41) is 9.82. The van der Waals surface area contributed by atoms with Gasteiger partial charge in [-0.1, -0.05) is 11.6 Å². The molecule has 4 rings (SSSR count). The topological polar surface area (TPSA) is 127 Å². The number of fused-ring (bicyclic) bond motifs is 1. The third-order valence-corrected chi connectivity index (χ3v) is 5.86. The monoisotopic (exact) mass is 466 g/mol. The third-order valence-electron chi connectivity index (χ3n) is 5.65. The minimum Gasteiger partial charge on any atom is -0.453 e. The maximum absolute atomic E-state index is 13.2. The first-order chi connectivity index (χ1) is 15.8. The summed E-state index contributed by atoms with van der Waals surface area (Å²) in [7, 11) is 0. The number of aromatic nitrogens is 3. The summed E-state index contributed by atoms with van der Waals surface area (Å²) >= 11 is 5.90. The molecule has 0 saturated carbocycles. The average Bonchev–Trinajstić information content (AvgIpc) is 2.81. The Hall–Kier alpha value is -3.64. The lowest BCUT2D eigenvalue weighted by atomic mass is 10.1. The van der Waals surface area contributed by atoms with Crippen LogP contribution in [0.5, 0.6) is 0 Å². The van der Waals surface area contributed by atoms with E-state index in [1.165, 1.54) is 16.5 Å². The van der Waals surface area contributed by atoms with Crippen LogP contribution in [0.4, 0.5) is 11.5 Å². The summed E-state index contributed by atoms with van der Waals surface area (Å²) in [6.07, 6.45) is 3.88. The molecule has 3 aromatic rings. The van der Waals surface area contributed by atoms with Crippen LogP contribution >= 0.6 is 11.6 Å². The van der Waals surface area contributed by atoms with Gasteiger partial charge in [0.15, 0.2) is 17.1 Å². The molecule has 0 spiro atoms. The molecule has 9 nitrogen and oxygen atoms in total. The van der Waals surface area contributed by atoms with E-state index in [2.05, 4.69) is 4.98 Å². The van der Waals surface area contributed by atoms with Crippen molar-refractivity contribution in [3.63, 3.8) is 0 Å². The van der Waals surface area contributed by atoms with Gasteiger partial charge in [0.2, 0.25) is 0 Å². The third kappa shape index (κ3) is 4.34. The predicted molar refractivity (Wildman–Crippen MR) is 124 cm³/mol. The minimum absolute atomic E-state index is 0.00602. The molecule has 1 atom stereocenters. The number of nitriles is 1. The standard InChI is InChI=1S/C23H23ClN6O3/c1-13-10-15(14(2)33-23(32)19-17(26)6-7-18(24)27-19)21-28-20(29-8-4-3-5-9-29)16(11-25)22(31)30(21)12-13/h6-7,10,12,14H,3-5,8-9,26H2,1-2H3/t14-/m1/s1. The van der Waals surface area contributed by atoms with Crippen molar-refractivity contribution in [3.8, 4) is 6.07 Å². The van der Waals surface area contributed by atoms with Crippen molar-refractivity contribution in [2.45, 2.75) is 39.2 Å². The molecular formula is C23H23ClN6O3. The minimum atomic E-state index is -0.776. The number of nitrogens with zero attached hydrogens (tertiary/aromatic N) is 5. The molecule has 0 aromatic carbocycles. The second-order valence-electron chi connectivity index (χ2n) is 8.06. The fraction of sp³-hybridized carbons (Fsp3) is 0.348. The van der Waals surface area contributed by atoms with Gasteiger partial charge < -0.3 is 15.4 Å². The van der Waals surface area contributed by atoms with Gasteiger partial charge in [-0.15, -0.1) is 0 Å². The van der Waals surface area contributed by atoms with E-state index in [1.807, 2.05) is 17.9 Å². The van der Waals surface area contributed by atoms with E-state index in [-0.39, 0.29) is 22.1 Å². The van der Waals surface area contributed by atoms with Crippen LogP contribution in [0.2, 0.25) is 5.15 Å². The number of rotatable bonds is 4. The van der Waals surface area contributed by atoms with Crippen LogP contribution in [0.1, 0.15) is 59.5 Å². The Morgan fingerprint density at radius 2 is 2.00 bits per heavy atom. The molecule has 1 aliphatic heterocycles. The van der Waals surface area contributed by atoms with Crippen LogP contribution in [-0.4, -0.2) is 33.4 Å². The van der Waals surface area contributed by atoms with E-state index in [4.69, 9.17) is 27.1 Å². The van der Waals surface area contributed by atoms with Gasteiger partial charge in [-0.2, -0.15) is 5.26 Å². The van der Waals surface area contributed by atoms with Gasteiger partial charge >= 0.3 is 5.97 Å². The van der Waals surface area contributed by atoms with Gasteiger partial charge in [-0.3, -0.25) is 9.20 Å². The second kappa shape index (κ2) is 9.08. The summed E-state index contributed by atoms with van der Waals surface area (Å²) in [6, 6.07) is 6.80. The predicted octanol–water partition coefficient (Wildman–Crippen LogP) is 3.41. The highest BCUT2D eigenvalue weighted by Gasteiger charge is 2.25. The fourth-order valence-corrected chi connectivity index (χ4v) is 4.16. The van der Waals surface area contributed by atoms with Gasteiger partial charge in [0.25, 0.3) is 5.56 Å². The number of hydrogen-bond acceptors (Lipinski definition) is 8. The van der Waals surface area contributed by atoms with Crippen LogP contribution in [0.3, 0.4) is 0 Å². The molecule has 1 saturated heterocycles. The van der Waals surface area contributed by atoms with Crippen molar-refractivity contribution in [1.82, 2.24) is 14.4 Å². The number of anilines is 2. The molecule has 0 unspecified atom stereocenters. The first-order valence-electron chi connectivity index (χ1n) is 10.6. The number of piperidine rings is 1. The van der Waals surface area contributed by atoms with Gasteiger partial charge in [0.05, 0.1) is 5.69 Å². The quantitative estimate of drug-likeness (QED) is 0.457. The Morgan fingerprint density at radius 1 is 1.27 bits per heavy atom. The van der Waals surface area contributed by atoms with E-state index < -0.39 is 17.6 Å². The molecule has 0 aliphatic carbocycles. The van der Waals surface area contributed by atoms with E-state index in [0.717, 1.165) is 37.9 Å². The Labute approximate surface area is 195 Å². The molecule has 2 N–H and O–H groups in total. The van der Waals surface area contributed by atoms with Crippen molar-refractivity contribution in [2.24, 2.45) is 0 Å². The number of halogens is 1. The highest BCUT2D eigenvalue weighted by molar-refractivity contribution is 6.29. The highest BCUT2D eigenvalue weighted by atomic mass is 35.5. The number of nitrogen functional groups attached to an aromatic ring is 1. The number of esters is 1. The lowest BCUT2D eigenvalue weighted by molar-refractivity contribution is 0.0334. The number of aryl methyl sites for hydroxylation is 1. The summed E-state index contributed by atoms with van der Waals surface area (Å²) in [5.74, 6) is -0.374. The number of pyridine rings is 2. The normalized spacial score (nSPS) is 14.7. The van der Waals surface area contributed by atoms with E-state index >= 15 is 0 Å². The van der Waals surface area contributed by atoms with Crippen LogP contribution in [0.25, 0.3) is 5.65 Å². The number of ether oxygens (including phenoxy) is 1. The Morgan fingerprint density at radius 3 is 2.70 bits per heavy atom. The van der Waals surface area contributed by atoms with E-state index in [1.54, 1.807) is 19.2 Å². The largest absolute Gasteiger partial charge is 0.453 e. The van der Waals surface area contributed by atoms with Crippen molar-refractivity contribution in [1.29, 1.82) is 5.26 Å². The highest BCUT2D eigenvalue weighted by Crippen LogP contribution is 2.27. The molecule has 0 bridgehead atoms. The van der Waals surface area contributed by atoms with Crippen molar-refractivity contribution >= 4 is 34.7 Å². The maximum Gasteiger partial charge on any atom is 0.359 e. The first kappa shape index (κ1) is 22.6. The zero-order valence-electron chi connectivity index (χ0n) is 18.3. The summed E-state index contributed by atoms with van der Waals surface area (Å²) < 4.78 is 6.97. The second-order valence-corrected chi connectivity index (χ2v) is 8.45. The SMILES string of the molecule is Cc1cc([C@@H](C)OC(=O)c2nc(Cl)ccc2N)c2nc(N3CCCCC3)c(C#N)c(=O)n2c1. The number of nitrogens with two attached hydrogens (primary N) is 1. The van der Waals surface area contributed by atoms with Gasteiger partial charge in [-0.25, -0.2) is 14.8 Å². The van der Waals surface area contributed by atoms with E-state index in [9.17, 15) is 14.9 Å². The van der Waals surface area contributed by atoms with Crippen molar-refractivity contribution < 1.29 is 9.53 Å². The zero-order valence-corrected chi connectivity index (χ0v) is 19.1. The maximum atomic E-state index is 13.2. The summed E-state index contributed by atoms with van der Waals surface area (Å²) in [5.41, 5.74) is 7.08. The van der Waals surface area contributed by atoms with Crippen molar-refractivity contribution in [2.75, 3.05) is 23.7 Å². The van der Waals surface area contributed by atoms with Gasteiger partial charge in [0, 0.05) is 24.8 Å². The van der Waals surface area contributed by atoms with Crippen LogP contribution in [0.15, 0.2) is 29.2 Å².